The van der Waals surface area contributed by atoms with Crippen LogP contribution < -0.4 is 5.73 Å². The lowest BCUT2D eigenvalue weighted by Gasteiger charge is -2.12. The van der Waals surface area contributed by atoms with E-state index in [-0.39, 0.29) is 0 Å². The summed E-state index contributed by atoms with van der Waals surface area (Å²) < 4.78 is 0. The van der Waals surface area contributed by atoms with Crippen LogP contribution in [0.5, 0.6) is 0 Å². The van der Waals surface area contributed by atoms with Gasteiger partial charge in [-0.15, -0.1) is 11.3 Å². The zero-order valence-corrected chi connectivity index (χ0v) is 11.1. The Morgan fingerprint density at radius 3 is 2.89 bits per heavy atom. The molecular formula is C14H17N3S. The number of benzene rings is 1. The van der Waals surface area contributed by atoms with E-state index in [4.69, 9.17) is 10.7 Å². The van der Waals surface area contributed by atoms with Crippen molar-refractivity contribution in [3.63, 3.8) is 0 Å². The maximum atomic E-state index is 5.92. The molecule has 1 atom stereocenters. The number of thiazole rings is 1. The van der Waals surface area contributed by atoms with Gasteiger partial charge in [0, 0.05) is 36.6 Å². The maximum absolute atomic E-state index is 5.92. The fourth-order valence-electron chi connectivity index (χ4n) is 2.33. The van der Waals surface area contributed by atoms with Gasteiger partial charge in [-0.1, -0.05) is 30.3 Å². The molecule has 1 aliphatic rings. The van der Waals surface area contributed by atoms with Gasteiger partial charge in [-0.3, -0.25) is 4.90 Å². The molecule has 1 saturated heterocycles. The molecule has 3 rings (SSSR count). The number of hydrogen-bond donors (Lipinski definition) is 1. The molecule has 0 saturated carbocycles. The molecule has 1 fully saturated rings. The lowest BCUT2D eigenvalue weighted by Crippen LogP contribution is -2.26. The molecule has 18 heavy (non-hydrogen) atoms. The van der Waals surface area contributed by atoms with E-state index in [1.807, 2.05) is 6.07 Å². The summed E-state index contributed by atoms with van der Waals surface area (Å²) in [5.41, 5.74) is 8.28. The van der Waals surface area contributed by atoms with Crippen LogP contribution in [0.3, 0.4) is 0 Å². The van der Waals surface area contributed by atoms with Gasteiger partial charge in [0.2, 0.25) is 0 Å². The summed E-state index contributed by atoms with van der Waals surface area (Å²) in [5.74, 6) is 0. The summed E-state index contributed by atoms with van der Waals surface area (Å²) in [4.78, 5) is 7.09. The van der Waals surface area contributed by atoms with E-state index in [1.165, 1.54) is 5.56 Å². The monoisotopic (exact) mass is 259 g/mol. The Labute approximate surface area is 111 Å². The Morgan fingerprint density at radius 1 is 1.33 bits per heavy atom. The van der Waals surface area contributed by atoms with Crippen LogP contribution in [0.2, 0.25) is 0 Å². The molecule has 0 spiro atoms. The number of likely N-dealkylation sites (tertiary alicyclic amines) is 1. The Kier molecular flexibility index (Phi) is 3.41. The Morgan fingerprint density at radius 2 is 2.17 bits per heavy atom. The zero-order chi connectivity index (χ0) is 12.4. The molecule has 0 unspecified atom stereocenters. The van der Waals surface area contributed by atoms with Crippen LogP contribution in [0.25, 0.3) is 10.6 Å². The van der Waals surface area contributed by atoms with Crippen LogP contribution in [0, 0.1) is 0 Å². The Bertz CT molecular complexity index is 509. The molecule has 1 aromatic carbocycles. The van der Waals surface area contributed by atoms with Gasteiger partial charge in [-0.25, -0.2) is 4.98 Å². The Hall–Kier alpha value is -1.23. The number of nitrogens with zero attached hydrogens (tertiary/aromatic N) is 2. The van der Waals surface area contributed by atoms with Crippen LogP contribution in [0.4, 0.5) is 0 Å². The number of aromatic nitrogens is 1. The third-order valence-electron chi connectivity index (χ3n) is 3.27. The molecule has 1 aromatic heterocycles. The average Bonchev–Trinajstić information content (AvgIpc) is 3.01. The summed E-state index contributed by atoms with van der Waals surface area (Å²) in [6.45, 7) is 3.02. The van der Waals surface area contributed by atoms with Crippen molar-refractivity contribution in [1.82, 2.24) is 9.88 Å². The van der Waals surface area contributed by atoms with Crippen molar-refractivity contribution in [3.8, 4) is 10.6 Å². The summed E-state index contributed by atoms with van der Waals surface area (Å²) in [6, 6.07) is 10.7. The summed E-state index contributed by atoms with van der Waals surface area (Å²) in [6.07, 6.45) is 1.11. The predicted molar refractivity (Wildman–Crippen MR) is 75.4 cm³/mol. The zero-order valence-electron chi connectivity index (χ0n) is 10.2. The van der Waals surface area contributed by atoms with Crippen LogP contribution in [0.15, 0.2) is 35.7 Å². The smallest absolute Gasteiger partial charge is 0.123 e. The highest BCUT2D eigenvalue weighted by Gasteiger charge is 2.19. The van der Waals surface area contributed by atoms with Gasteiger partial charge in [0.15, 0.2) is 0 Å². The van der Waals surface area contributed by atoms with Gasteiger partial charge in [-0.2, -0.15) is 0 Å². The molecule has 0 radical (unpaired) electrons. The lowest BCUT2D eigenvalue weighted by molar-refractivity contribution is 0.323. The molecule has 2 N–H and O–H groups in total. The quantitative estimate of drug-likeness (QED) is 0.920. The van der Waals surface area contributed by atoms with E-state index in [1.54, 1.807) is 11.3 Å². The third kappa shape index (κ3) is 2.61. The van der Waals surface area contributed by atoms with Crippen molar-refractivity contribution in [3.05, 3.63) is 41.4 Å². The van der Waals surface area contributed by atoms with Crippen molar-refractivity contribution in [1.29, 1.82) is 0 Å². The highest BCUT2D eigenvalue weighted by atomic mass is 32.1. The summed E-state index contributed by atoms with van der Waals surface area (Å²) in [5, 5.41) is 3.26. The van der Waals surface area contributed by atoms with Crippen molar-refractivity contribution >= 4 is 11.3 Å². The largest absolute Gasteiger partial charge is 0.326 e. The summed E-state index contributed by atoms with van der Waals surface area (Å²) >= 11 is 1.72. The van der Waals surface area contributed by atoms with Gasteiger partial charge in [-0.05, 0) is 6.42 Å². The van der Waals surface area contributed by atoms with Crippen LogP contribution in [-0.2, 0) is 6.54 Å². The normalized spacial score (nSPS) is 20.4. The topological polar surface area (TPSA) is 42.1 Å². The minimum atomic E-state index is 0.345. The van der Waals surface area contributed by atoms with Crippen LogP contribution in [-0.4, -0.2) is 29.0 Å². The first-order valence-corrected chi connectivity index (χ1v) is 7.17. The summed E-state index contributed by atoms with van der Waals surface area (Å²) in [7, 11) is 0. The molecule has 2 aromatic rings. The number of rotatable bonds is 3. The SMILES string of the molecule is N[C@@H]1CCN(Cc2csc(-c3ccccc3)n2)C1. The molecule has 3 nitrogen and oxygen atoms in total. The second-order valence-corrected chi connectivity index (χ2v) is 5.65. The van der Waals surface area contributed by atoms with E-state index in [9.17, 15) is 0 Å². The van der Waals surface area contributed by atoms with E-state index in [0.29, 0.717) is 6.04 Å². The van der Waals surface area contributed by atoms with Crippen molar-refractivity contribution < 1.29 is 0 Å². The molecule has 2 heterocycles. The molecule has 0 aliphatic carbocycles. The van der Waals surface area contributed by atoms with E-state index in [2.05, 4.69) is 34.5 Å². The second-order valence-electron chi connectivity index (χ2n) is 4.79. The van der Waals surface area contributed by atoms with Gasteiger partial charge < -0.3 is 5.73 Å². The third-order valence-corrected chi connectivity index (χ3v) is 4.21. The van der Waals surface area contributed by atoms with E-state index >= 15 is 0 Å². The van der Waals surface area contributed by atoms with Crippen molar-refractivity contribution in [2.45, 2.75) is 19.0 Å². The van der Waals surface area contributed by atoms with Gasteiger partial charge in [0.05, 0.1) is 5.69 Å². The van der Waals surface area contributed by atoms with Crippen LogP contribution in [0.1, 0.15) is 12.1 Å². The second kappa shape index (κ2) is 5.18. The van der Waals surface area contributed by atoms with Gasteiger partial charge in [0.25, 0.3) is 0 Å². The predicted octanol–water partition coefficient (Wildman–Crippen LogP) is 2.34. The number of nitrogens with two attached hydrogens (primary N) is 1. The van der Waals surface area contributed by atoms with Crippen molar-refractivity contribution in [2.24, 2.45) is 5.73 Å². The molecule has 0 bridgehead atoms. The first kappa shape index (κ1) is 11.8. The molecule has 4 heteroatoms. The first-order chi connectivity index (χ1) is 8.81. The van der Waals surface area contributed by atoms with E-state index in [0.717, 1.165) is 36.8 Å². The van der Waals surface area contributed by atoms with Gasteiger partial charge >= 0.3 is 0 Å². The minimum Gasteiger partial charge on any atom is -0.326 e. The first-order valence-electron chi connectivity index (χ1n) is 6.29. The average molecular weight is 259 g/mol. The highest BCUT2D eigenvalue weighted by Crippen LogP contribution is 2.24. The standard InChI is InChI=1S/C14H17N3S/c15-12-6-7-17(8-12)9-13-10-18-14(16-13)11-4-2-1-3-5-11/h1-5,10,12H,6-9,15H2/t12-/m1/s1. The molecule has 1 aliphatic heterocycles. The van der Waals surface area contributed by atoms with Crippen molar-refractivity contribution in [2.75, 3.05) is 13.1 Å². The Balaban J connectivity index is 1.70. The number of hydrogen-bond acceptors (Lipinski definition) is 4. The minimum absolute atomic E-state index is 0.345. The molecular weight excluding hydrogens is 242 g/mol. The molecule has 0 amide bonds. The van der Waals surface area contributed by atoms with Crippen LogP contribution >= 0.6 is 11.3 Å². The lowest BCUT2D eigenvalue weighted by atomic mass is 10.2. The fraction of sp³-hybridized carbons (Fsp3) is 0.357. The fourth-order valence-corrected chi connectivity index (χ4v) is 3.15. The highest BCUT2D eigenvalue weighted by molar-refractivity contribution is 7.13. The van der Waals surface area contributed by atoms with Gasteiger partial charge in [0.1, 0.15) is 5.01 Å². The maximum Gasteiger partial charge on any atom is 0.123 e. The molecule has 94 valence electrons. The van der Waals surface area contributed by atoms with E-state index < -0.39 is 0 Å².